The third kappa shape index (κ3) is 5.37. The van der Waals surface area contributed by atoms with Crippen LogP contribution in [0.25, 0.3) is 0 Å². The monoisotopic (exact) mass is 256 g/mol. The van der Waals surface area contributed by atoms with Crippen molar-refractivity contribution in [3.63, 3.8) is 0 Å². The second-order valence-electron chi connectivity index (χ2n) is 5.01. The van der Waals surface area contributed by atoms with E-state index in [-0.39, 0.29) is 5.60 Å². The maximum absolute atomic E-state index is 6.09. The van der Waals surface area contributed by atoms with Crippen LogP contribution in [-0.2, 0) is 6.54 Å². The molecular formula is C13H21ClN2O. The first-order valence-electron chi connectivity index (χ1n) is 5.96. The van der Waals surface area contributed by atoms with Crippen LogP contribution < -0.4 is 10.1 Å². The van der Waals surface area contributed by atoms with E-state index in [9.17, 15) is 0 Å². The molecule has 0 aliphatic rings. The molecular weight excluding hydrogens is 236 g/mol. The quantitative estimate of drug-likeness (QED) is 0.820. The highest BCUT2D eigenvalue weighted by molar-refractivity contribution is 6.31. The fourth-order valence-corrected chi connectivity index (χ4v) is 1.53. The third-order valence-corrected chi connectivity index (χ3v) is 2.40. The molecule has 1 N–H and O–H groups in total. The van der Waals surface area contributed by atoms with Gasteiger partial charge in [0.05, 0.1) is 5.02 Å². The molecule has 0 bridgehead atoms. The smallest absolute Gasteiger partial charge is 0.214 e. The fraction of sp³-hybridized carbons (Fsp3) is 0.615. The Morgan fingerprint density at radius 3 is 2.71 bits per heavy atom. The van der Waals surface area contributed by atoms with Gasteiger partial charge in [0.1, 0.15) is 5.60 Å². The van der Waals surface area contributed by atoms with Crippen LogP contribution in [0.4, 0.5) is 0 Å². The lowest BCUT2D eigenvalue weighted by Gasteiger charge is -2.20. The van der Waals surface area contributed by atoms with Crippen LogP contribution in [0.2, 0.25) is 5.02 Å². The Labute approximate surface area is 109 Å². The highest BCUT2D eigenvalue weighted by Crippen LogP contribution is 2.22. The van der Waals surface area contributed by atoms with Gasteiger partial charge in [-0.1, -0.05) is 18.5 Å². The van der Waals surface area contributed by atoms with Crippen LogP contribution in [0.1, 0.15) is 39.7 Å². The lowest BCUT2D eigenvalue weighted by Crippen LogP contribution is -2.23. The molecule has 3 nitrogen and oxygen atoms in total. The Morgan fingerprint density at radius 1 is 1.41 bits per heavy atom. The van der Waals surface area contributed by atoms with Crippen LogP contribution in [0.5, 0.6) is 5.88 Å². The van der Waals surface area contributed by atoms with E-state index >= 15 is 0 Å². The van der Waals surface area contributed by atoms with Crippen LogP contribution in [0.3, 0.4) is 0 Å². The van der Waals surface area contributed by atoms with Crippen LogP contribution >= 0.6 is 11.6 Å². The van der Waals surface area contributed by atoms with Gasteiger partial charge in [-0.05, 0) is 39.3 Å². The number of hydrogen-bond donors (Lipinski definition) is 1. The van der Waals surface area contributed by atoms with Crippen molar-refractivity contribution < 1.29 is 4.74 Å². The number of nitrogens with one attached hydrogen (secondary N) is 1. The average Bonchev–Trinajstić information content (AvgIpc) is 2.21. The summed E-state index contributed by atoms with van der Waals surface area (Å²) in [5.74, 6) is 0.621. The van der Waals surface area contributed by atoms with E-state index < -0.39 is 0 Å². The SMILES string of the molecule is CCCNCc1cc(OC(C)(C)C)ncc1Cl. The Bertz CT molecular complexity index is 361. The van der Waals surface area contributed by atoms with Crippen molar-refractivity contribution in [2.24, 2.45) is 0 Å². The predicted octanol–water partition coefficient (Wildman–Crippen LogP) is 3.41. The minimum atomic E-state index is -0.241. The van der Waals surface area contributed by atoms with E-state index in [0.29, 0.717) is 10.9 Å². The van der Waals surface area contributed by atoms with E-state index in [1.165, 1.54) is 0 Å². The van der Waals surface area contributed by atoms with Crippen molar-refractivity contribution in [3.8, 4) is 5.88 Å². The molecule has 1 heterocycles. The summed E-state index contributed by atoms with van der Waals surface area (Å²) in [6, 6.07) is 1.90. The van der Waals surface area contributed by atoms with Gasteiger partial charge >= 0.3 is 0 Å². The summed E-state index contributed by atoms with van der Waals surface area (Å²) >= 11 is 6.09. The summed E-state index contributed by atoms with van der Waals surface area (Å²) in [6.07, 6.45) is 2.75. The maximum atomic E-state index is 6.09. The summed E-state index contributed by atoms with van der Waals surface area (Å²) in [6.45, 7) is 9.86. The van der Waals surface area contributed by atoms with Crippen LogP contribution in [-0.4, -0.2) is 17.1 Å². The van der Waals surface area contributed by atoms with E-state index in [2.05, 4.69) is 17.2 Å². The highest BCUT2D eigenvalue weighted by Gasteiger charge is 2.13. The molecule has 0 atom stereocenters. The van der Waals surface area contributed by atoms with Crippen molar-refractivity contribution >= 4 is 11.6 Å². The first-order valence-corrected chi connectivity index (χ1v) is 6.34. The van der Waals surface area contributed by atoms with Crippen molar-refractivity contribution in [1.82, 2.24) is 10.3 Å². The number of halogens is 1. The Morgan fingerprint density at radius 2 is 2.12 bits per heavy atom. The molecule has 96 valence electrons. The van der Waals surface area contributed by atoms with Crippen molar-refractivity contribution in [3.05, 3.63) is 22.8 Å². The van der Waals surface area contributed by atoms with Gasteiger partial charge in [0.25, 0.3) is 0 Å². The van der Waals surface area contributed by atoms with Gasteiger partial charge in [0.2, 0.25) is 5.88 Å². The molecule has 0 aromatic carbocycles. The largest absolute Gasteiger partial charge is 0.472 e. The Kier molecular flexibility index (Phi) is 5.22. The van der Waals surface area contributed by atoms with Crippen LogP contribution in [0, 0.1) is 0 Å². The number of hydrogen-bond acceptors (Lipinski definition) is 3. The van der Waals surface area contributed by atoms with Gasteiger partial charge in [0, 0.05) is 18.8 Å². The van der Waals surface area contributed by atoms with Crippen molar-refractivity contribution in [2.45, 2.75) is 46.3 Å². The molecule has 0 radical (unpaired) electrons. The van der Waals surface area contributed by atoms with Gasteiger partial charge in [-0.15, -0.1) is 0 Å². The zero-order valence-corrected chi connectivity index (χ0v) is 11.8. The predicted molar refractivity (Wildman–Crippen MR) is 71.6 cm³/mol. The van der Waals surface area contributed by atoms with Gasteiger partial charge in [-0.3, -0.25) is 0 Å². The Hall–Kier alpha value is -0.800. The van der Waals surface area contributed by atoms with E-state index in [0.717, 1.165) is 25.1 Å². The van der Waals surface area contributed by atoms with E-state index in [4.69, 9.17) is 16.3 Å². The molecule has 0 unspecified atom stereocenters. The number of aromatic nitrogens is 1. The van der Waals surface area contributed by atoms with Crippen LogP contribution in [0.15, 0.2) is 12.3 Å². The lowest BCUT2D eigenvalue weighted by molar-refractivity contribution is 0.124. The number of pyridine rings is 1. The average molecular weight is 257 g/mol. The highest BCUT2D eigenvalue weighted by atomic mass is 35.5. The zero-order chi connectivity index (χ0) is 12.9. The zero-order valence-electron chi connectivity index (χ0n) is 11.0. The molecule has 1 aromatic rings. The fourth-order valence-electron chi connectivity index (χ4n) is 1.36. The topological polar surface area (TPSA) is 34.1 Å². The Balaban J connectivity index is 2.72. The summed E-state index contributed by atoms with van der Waals surface area (Å²) in [7, 11) is 0. The molecule has 4 heteroatoms. The second kappa shape index (κ2) is 6.22. The maximum Gasteiger partial charge on any atom is 0.214 e. The number of nitrogens with zero attached hydrogens (tertiary/aromatic N) is 1. The van der Waals surface area contributed by atoms with Gasteiger partial charge in [-0.25, -0.2) is 4.98 Å². The minimum Gasteiger partial charge on any atom is -0.472 e. The molecule has 0 saturated carbocycles. The second-order valence-corrected chi connectivity index (χ2v) is 5.41. The summed E-state index contributed by atoms with van der Waals surface area (Å²) < 4.78 is 5.71. The molecule has 0 aliphatic carbocycles. The molecule has 0 amide bonds. The summed E-state index contributed by atoms with van der Waals surface area (Å²) in [5.41, 5.74) is 0.781. The van der Waals surface area contributed by atoms with Gasteiger partial charge in [-0.2, -0.15) is 0 Å². The van der Waals surface area contributed by atoms with E-state index in [1.54, 1.807) is 6.20 Å². The van der Waals surface area contributed by atoms with E-state index in [1.807, 2.05) is 26.8 Å². The third-order valence-electron chi connectivity index (χ3n) is 2.06. The summed E-state index contributed by atoms with van der Waals surface area (Å²) in [5, 5.41) is 3.99. The molecule has 1 aromatic heterocycles. The lowest BCUT2D eigenvalue weighted by atomic mass is 10.2. The summed E-state index contributed by atoms with van der Waals surface area (Å²) in [4.78, 5) is 4.17. The molecule has 0 fully saturated rings. The first-order chi connectivity index (χ1) is 7.92. The molecule has 1 rings (SSSR count). The molecule has 0 aliphatic heterocycles. The number of ether oxygens (including phenoxy) is 1. The molecule has 17 heavy (non-hydrogen) atoms. The number of rotatable bonds is 5. The molecule has 0 saturated heterocycles. The standard InChI is InChI=1S/C13H21ClN2O/c1-5-6-15-8-10-7-12(16-9-11(10)14)17-13(2,3)4/h7,9,15H,5-6,8H2,1-4H3. The first kappa shape index (κ1) is 14.3. The van der Waals surface area contributed by atoms with Crippen molar-refractivity contribution in [2.75, 3.05) is 6.54 Å². The molecule has 0 spiro atoms. The minimum absolute atomic E-state index is 0.241. The normalized spacial score (nSPS) is 11.6. The van der Waals surface area contributed by atoms with Crippen molar-refractivity contribution in [1.29, 1.82) is 0 Å². The van der Waals surface area contributed by atoms with Gasteiger partial charge in [0.15, 0.2) is 0 Å². The van der Waals surface area contributed by atoms with Gasteiger partial charge < -0.3 is 10.1 Å².